The second-order valence-electron chi connectivity index (χ2n) is 33.2. The van der Waals surface area contributed by atoms with Gasteiger partial charge in [0.2, 0.25) is 0 Å². The number of aromatic nitrogens is 8. The normalized spacial score (nSPS) is 13.7. The van der Waals surface area contributed by atoms with Gasteiger partial charge in [-0.3, -0.25) is 53.1 Å². The number of anilines is 2. The number of rotatable bonds is 54. The van der Waals surface area contributed by atoms with E-state index in [1.807, 2.05) is 83.7 Å². The molecular weight excluding hydrogens is 1800 g/mol. The molecule has 5 aromatic heterocycles. The number of aryl methyl sites for hydroxylation is 5. The van der Waals surface area contributed by atoms with Crippen LogP contribution in [0.5, 0.6) is 0 Å². The number of likely N-dealkylation sites (tertiary alicyclic amines) is 3. The second kappa shape index (κ2) is 78.0. The van der Waals surface area contributed by atoms with Gasteiger partial charge in [0.25, 0.3) is 0 Å². The number of allylic oxidation sites excluding steroid dienone is 4. The molecule has 0 radical (unpaired) electrons. The van der Waals surface area contributed by atoms with Crippen molar-refractivity contribution in [2.75, 3.05) is 115 Å². The van der Waals surface area contributed by atoms with Crippen LogP contribution in [-0.4, -0.2) is 228 Å². The topological polar surface area (TPSA) is 421 Å². The van der Waals surface area contributed by atoms with E-state index in [0.29, 0.717) is 68.4 Å². The number of nitrogens with one attached hydrogen (secondary N) is 1. The third kappa shape index (κ3) is 55.9. The molecular formula is C102H159BrN13NaO18. The minimum absolute atomic E-state index is 0. The van der Waals surface area contributed by atoms with Crippen LogP contribution in [0.25, 0.3) is 0 Å². The van der Waals surface area contributed by atoms with Gasteiger partial charge >= 0.3 is 71.3 Å². The maximum Gasteiger partial charge on any atom is 1.00 e. The molecule has 0 amide bonds. The summed E-state index contributed by atoms with van der Waals surface area (Å²) in [7, 11) is 0. The molecule has 5 aromatic rings. The Morgan fingerprint density at radius 3 is 1.30 bits per heavy atom. The van der Waals surface area contributed by atoms with Gasteiger partial charge in [0.15, 0.2) is 12.2 Å². The number of carbonyl (C=O) groups excluding carboxylic acids is 8. The number of ether oxygens (including phenoxy) is 6. The number of esters is 6. The van der Waals surface area contributed by atoms with Gasteiger partial charge in [-0.05, 0) is 233 Å². The number of pyridine rings is 2. The van der Waals surface area contributed by atoms with E-state index in [1.165, 1.54) is 62.6 Å². The van der Waals surface area contributed by atoms with Crippen LogP contribution < -0.4 is 40.6 Å². The van der Waals surface area contributed by atoms with Gasteiger partial charge in [-0.25, -0.2) is 39.9 Å². The number of aliphatic hydroxyl groups is 2. The molecule has 3 fully saturated rings. The number of carboxylic acid groups (broad SMARTS) is 1. The first-order chi connectivity index (χ1) is 64.7. The van der Waals surface area contributed by atoms with Crippen molar-refractivity contribution in [3.05, 3.63) is 169 Å². The zero-order valence-electron chi connectivity index (χ0n) is 83.8. The Bertz CT molecular complexity index is 4090. The van der Waals surface area contributed by atoms with Crippen molar-refractivity contribution >= 4 is 81.4 Å². The molecule has 6 N–H and O–H groups in total. The molecule has 0 bridgehead atoms. The van der Waals surface area contributed by atoms with Gasteiger partial charge in [-0.15, -0.1) is 26.3 Å². The van der Waals surface area contributed by atoms with Crippen molar-refractivity contribution in [3.8, 4) is 0 Å². The number of Topliss-reactive ketones (excluding diaryl/α,β-unsaturated/α-hetero) is 1. The Hall–Kier alpha value is -8.99. The number of alkyl halides is 1. The minimum Gasteiger partial charge on any atom is -1.00 e. The third-order valence-electron chi connectivity index (χ3n) is 22.2. The summed E-state index contributed by atoms with van der Waals surface area (Å²) < 4.78 is 29.0. The molecule has 0 aliphatic carbocycles. The summed E-state index contributed by atoms with van der Waals surface area (Å²) in [5.74, 6) is 1.98. The van der Waals surface area contributed by atoms with Crippen molar-refractivity contribution in [1.29, 1.82) is 0 Å². The summed E-state index contributed by atoms with van der Waals surface area (Å²) in [6, 6.07) is 7.56. The number of unbranched alkanes of at least 4 members (excludes halogenated alkanes) is 10. The van der Waals surface area contributed by atoms with E-state index in [4.69, 9.17) is 39.9 Å². The quantitative estimate of drug-likeness (QED) is 0.00353. The molecule has 0 spiro atoms. The number of aldehydes is 1. The fraction of sp³-hybridized carbons (Fsp3) is 0.618. The number of ketones is 1. The predicted octanol–water partition coefficient (Wildman–Crippen LogP) is 14.4. The van der Waals surface area contributed by atoms with Crippen LogP contribution in [0.3, 0.4) is 0 Å². The van der Waals surface area contributed by atoms with Crippen LogP contribution in [0.1, 0.15) is 297 Å². The van der Waals surface area contributed by atoms with Gasteiger partial charge in [0.05, 0.1) is 64.5 Å². The molecule has 9 rings (SSSR count). The van der Waals surface area contributed by atoms with Crippen LogP contribution in [-0.2, 0) is 79.6 Å². The average Bonchev–Trinajstić information content (AvgIpc) is 0.839. The van der Waals surface area contributed by atoms with Crippen LogP contribution >= 0.6 is 15.9 Å². The Morgan fingerprint density at radius 2 is 0.919 bits per heavy atom. The largest absolute Gasteiger partial charge is 1.00 e. The van der Waals surface area contributed by atoms with E-state index in [0.717, 1.165) is 188 Å². The number of fused-ring (bicyclic) bond motifs is 1. The summed E-state index contributed by atoms with van der Waals surface area (Å²) in [6.07, 6.45) is 47.7. The summed E-state index contributed by atoms with van der Waals surface area (Å²) in [5, 5.41) is 31.3. The number of aliphatic carboxylic acids is 1. The molecule has 0 unspecified atom stereocenters. The standard InChI is InChI=1S/C23H31N5O2.C19H29N3O3.C19H29N3O2.C13H22O4.C9H18O2.C7H12O4.C6H11Br.C6H6N2O.Na.H/c1-16-25-12-19(13-26-16)21(11-22(29)30)28-14-17(15-28)5-2-3-7-20-9-8-18-6-4-10-24-23(18)27-20;1-4-25-19(24)9-18(17-10-20-15(3)21-11-17)22-12-16(13-22)8-6-5-7-14(2)23;1-4-6-7-8-9-16-13-22(14-16)18(10-19(23)24-5-2)17-11-20-15(3)21-12-17;1-4-7-8-9-10-11(12(14)16-5-2)13(15)17-6-3;1-2-3-4-5-6-9(7-10)8-11;1-3-10-6(8)5-7(9)11-4-2;1-2-3-4-5-6-7;7-6-5(4-9)2-1-3-8-6;;/h8-9,12-13,17,21H,2-7,10-11,14-15H2,1H3,(H,24,27)(H,29,30);10-11,16,18H,4-9,12-13H2,1-3H3;4,11-12,16,18H,1,5-10,13-14H2,2-3H3;4,11H,1,5-10H2,2-3H3;2,9-11H,1,3-8H2;3-5H2,1-2H3;2H,1,3-6H2;1-4H,(H2,7,8);;/q;;;;;;;;+1;-1/t21-;2*18-;;;;;;;/m000......./s1. The molecule has 31 nitrogen and oxygen atoms in total. The molecule has 33 heteroatoms. The van der Waals surface area contributed by atoms with Crippen molar-refractivity contribution in [2.45, 2.75) is 274 Å². The van der Waals surface area contributed by atoms with Gasteiger partial charge in [0, 0.05) is 161 Å². The minimum atomic E-state index is -0.781. The van der Waals surface area contributed by atoms with E-state index in [9.17, 15) is 48.3 Å². The fourth-order valence-electron chi connectivity index (χ4n) is 14.8. The third-order valence-corrected chi connectivity index (χ3v) is 22.8. The Morgan fingerprint density at radius 1 is 0.526 bits per heavy atom. The van der Waals surface area contributed by atoms with E-state index >= 15 is 0 Å². The summed E-state index contributed by atoms with van der Waals surface area (Å²) in [5.41, 5.74) is 11.1. The van der Waals surface area contributed by atoms with Crippen LogP contribution in [0.2, 0.25) is 0 Å². The monoisotopic (exact) mass is 1960 g/mol. The summed E-state index contributed by atoms with van der Waals surface area (Å²) in [6.45, 7) is 41.4. The second-order valence-corrected chi connectivity index (χ2v) is 34.0. The first kappa shape index (κ1) is 124. The number of carbonyl (C=O) groups is 9. The Labute approximate surface area is 835 Å². The smallest absolute Gasteiger partial charge is 1.00 e. The molecule has 4 aliphatic heterocycles. The molecule has 3 atom stereocenters. The molecule has 4 aliphatic rings. The first-order valence-corrected chi connectivity index (χ1v) is 49.2. The molecule has 9 heterocycles. The number of aliphatic hydroxyl groups excluding tert-OH is 2. The summed E-state index contributed by atoms with van der Waals surface area (Å²) >= 11 is 3.35. The van der Waals surface area contributed by atoms with Crippen LogP contribution in [0.15, 0.2) is 118 Å². The number of nitrogens with two attached hydrogens (primary N) is 1. The van der Waals surface area contributed by atoms with Gasteiger partial charge < -0.3 is 61.0 Å². The first-order valence-electron chi connectivity index (χ1n) is 48.0. The maximum absolute atomic E-state index is 12.0. The average molecular weight is 1960 g/mol. The van der Waals surface area contributed by atoms with E-state index in [2.05, 4.69) is 119 Å². The van der Waals surface area contributed by atoms with Gasteiger partial charge in [-0.1, -0.05) is 78.4 Å². The predicted molar refractivity (Wildman–Crippen MR) is 528 cm³/mol. The number of hydrogen-bond donors (Lipinski definition) is 5. The van der Waals surface area contributed by atoms with E-state index in [1.54, 1.807) is 65.3 Å². The number of nitrogen functional groups attached to an aromatic ring is 1. The number of carboxylic acids is 1. The zero-order valence-corrected chi connectivity index (χ0v) is 86.4. The summed E-state index contributed by atoms with van der Waals surface area (Å²) in [4.78, 5) is 142. The molecule has 0 saturated carbocycles. The molecule has 135 heavy (non-hydrogen) atoms. The fourth-order valence-corrected chi connectivity index (χ4v) is 15.2. The SMILES string of the molecule is C=CCCCCBr.C=CCCCCC(C(=O)OCC)C(=O)OCC.C=CCCCCC(CO)CO.C=CCCCCC1CN([C@@H](CC(=O)OCC)c2cnc(C)nc2)C1.CCOC(=O)CC(=O)OCC.CCOC(=O)C[C@@H](c1cnc(C)nc1)N1CC(CCCCC(C)=O)C1.Cc1ncc([C@H](CC(=O)O)N2CC(CCCCc3ccc4c(n3)NCCC4)C2)cn1.Nc1ncccc1C=O.[H-].[Na+]. The van der Waals surface area contributed by atoms with Crippen LogP contribution in [0.4, 0.5) is 11.6 Å². The Balaban J connectivity index is 0.00000159. The van der Waals surface area contributed by atoms with Crippen molar-refractivity contribution in [2.24, 2.45) is 29.6 Å². The van der Waals surface area contributed by atoms with E-state index < -0.39 is 35.8 Å². The number of halogens is 1. The number of nitrogens with zero attached hydrogens (tertiary/aromatic N) is 11. The number of hydrogen-bond acceptors (Lipinski definition) is 30. The van der Waals surface area contributed by atoms with Crippen LogP contribution in [0, 0.1) is 50.4 Å². The molecule has 0 aromatic carbocycles. The molecule has 3 saturated heterocycles. The zero-order chi connectivity index (χ0) is 99.1. The van der Waals surface area contributed by atoms with Gasteiger partial charge in [0.1, 0.15) is 41.3 Å². The molecule has 748 valence electrons. The Kier molecular flexibility index (Phi) is 71.6. The van der Waals surface area contributed by atoms with Crippen molar-refractivity contribution in [1.82, 2.24) is 54.6 Å². The van der Waals surface area contributed by atoms with Crippen molar-refractivity contribution in [3.63, 3.8) is 0 Å². The van der Waals surface area contributed by atoms with Gasteiger partial charge in [-0.2, -0.15) is 0 Å². The van der Waals surface area contributed by atoms with Crippen molar-refractivity contribution < 1.29 is 118 Å². The maximum atomic E-state index is 12.0. The van der Waals surface area contributed by atoms with E-state index in [-0.39, 0.29) is 131 Å².